The molecular formula is C27H32N2O3. The maximum Gasteiger partial charge on any atom is 0.254 e. The number of rotatable bonds is 12. The molecule has 3 rings (SSSR count). The minimum atomic E-state index is -0.0967. The Balaban J connectivity index is 1.56. The molecule has 5 nitrogen and oxygen atoms in total. The molecule has 0 unspecified atom stereocenters. The van der Waals surface area contributed by atoms with Crippen LogP contribution in [0, 0.1) is 0 Å². The van der Waals surface area contributed by atoms with Crippen LogP contribution in [0.4, 0.5) is 0 Å². The number of furan rings is 1. The first-order valence-corrected chi connectivity index (χ1v) is 11.4. The normalized spacial score (nSPS) is 10.7. The van der Waals surface area contributed by atoms with E-state index in [4.69, 9.17) is 4.42 Å². The lowest BCUT2D eigenvalue weighted by Gasteiger charge is -2.22. The molecule has 168 valence electrons. The maximum absolute atomic E-state index is 13.2. The lowest BCUT2D eigenvalue weighted by molar-refractivity contribution is -0.121. The number of aryl methyl sites for hydroxylation is 1. The van der Waals surface area contributed by atoms with Gasteiger partial charge < -0.3 is 14.6 Å². The van der Waals surface area contributed by atoms with Crippen molar-refractivity contribution in [3.63, 3.8) is 0 Å². The summed E-state index contributed by atoms with van der Waals surface area (Å²) in [7, 11) is 0. The summed E-state index contributed by atoms with van der Waals surface area (Å²) in [4.78, 5) is 27.2. The Kier molecular flexibility index (Phi) is 9.11. The molecule has 0 aliphatic heterocycles. The van der Waals surface area contributed by atoms with Gasteiger partial charge in [-0.3, -0.25) is 9.59 Å². The average Bonchev–Trinajstić information content (AvgIpc) is 3.34. The largest absolute Gasteiger partial charge is 0.467 e. The number of nitrogens with one attached hydrogen (secondary N) is 1. The van der Waals surface area contributed by atoms with Crippen LogP contribution in [0.15, 0.2) is 77.4 Å². The molecule has 0 aliphatic rings. The molecule has 1 aromatic heterocycles. The predicted molar refractivity (Wildman–Crippen MR) is 126 cm³/mol. The summed E-state index contributed by atoms with van der Waals surface area (Å²) in [6.07, 6.45) is 5.92. The van der Waals surface area contributed by atoms with Crippen molar-refractivity contribution in [1.29, 1.82) is 0 Å². The molecule has 1 N–H and O–H groups in total. The van der Waals surface area contributed by atoms with Crippen LogP contribution in [0.2, 0.25) is 0 Å². The van der Waals surface area contributed by atoms with Crippen LogP contribution < -0.4 is 5.32 Å². The third-order valence-corrected chi connectivity index (χ3v) is 5.42. The maximum atomic E-state index is 13.2. The summed E-state index contributed by atoms with van der Waals surface area (Å²) >= 11 is 0. The molecule has 5 heteroatoms. The third-order valence-electron chi connectivity index (χ3n) is 5.42. The topological polar surface area (TPSA) is 62.6 Å². The second-order valence-electron chi connectivity index (χ2n) is 7.94. The number of benzene rings is 2. The van der Waals surface area contributed by atoms with Crippen molar-refractivity contribution >= 4 is 11.8 Å². The van der Waals surface area contributed by atoms with Gasteiger partial charge in [-0.25, -0.2) is 0 Å². The van der Waals surface area contributed by atoms with Crippen LogP contribution in [-0.2, 0) is 24.2 Å². The summed E-state index contributed by atoms with van der Waals surface area (Å²) in [6, 6.07) is 21.5. The highest BCUT2D eigenvalue weighted by Gasteiger charge is 2.18. The SMILES string of the molecule is CCCCc1ccc(C(=O)N(CCC(=O)NCCc2ccccc2)Cc2ccco2)cc1. The molecule has 0 aliphatic carbocycles. The van der Waals surface area contributed by atoms with Crippen molar-refractivity contribution in [2.45, 2.75) is 45.6 Å². The highest BCUT2D eigenvalue weighted by atomic mass is 16.3. The van der Waals surface area contributed by atoms with Crippen molar-refractivity contribution in [3.8, 4) is 0 Å². The highest BCUT2D eigenvalue weighted by Crippen LogP contribution is 2.14. The monoisotopic (exact) mass is 432 g/mol. The molecule has 0 saturated heterocycles. The Morgan fingerprint density at radius 1 is 0.906 bits per heavy atom. The first kappa shape index (κ1) is 23.3. The highest BCUT2D eigenvalue weighted by molar-refractivity contribution is 5.94. The first-order chi connectivity index (χ1) is 15.7. The summed E-state index contributed by atoms with van der Waals surface area (Å²) in [5.41, 5.74) is 3.05. The molecule has 1 heterocycles. The van der Waals surface area contributed by atoms with Crippen LogP contribution in [-0.4, -0.2) is 29.8 Å². The van der Waals surface area contributed by atoms with Crippen LogP contribution in [0.1, 0.15) is 53.4 Å². The van der Waals surface area contributed by atoms with Gasteiger partial charge in [-0.15, -0.1) is 0 Å². The molecule has 2 amide bonds. The fraction of sp³-hybridized carbons (Fsp3) is 0.333. The van der Waals surface area contributed by atoms with E-state index in [9.17, 15) is 9.59 Å². The van der Waals surface area contributed by atoms with E-state index in [-0.39, 0.29) is 18.2 Å². The first-order valence-electron chi connectivity index (χ1n) is 11.4. The molecule has 0 bridgehead atoms. The average molecular weight is 433 g/mol. The van der Waals surface area contributed by atoms with Gasteiger partial charge in [0, 0.05) is 25.1 Å². The number of amides is 2. The van der Waals surface area contributed by atoms with Gasteiger partial charge in [0.25, 0.3) is 5.91 Å². The summed E-state index contributed by atoms with van der Waals surface area (Å²) in [5, 5.41) is 2.95. The van der Waals surface area contributed by atoms with Crippen LogP contribution >= 0.6 is 0 Å². The van der Waals surface area contributed by atoms with Crippen LogP contribution in [0.25, 0.3) is 0 Å². The second kappa shape index (κ2) is 12.5. The van der Waals surface area contributed by atoms with E-state index >= 15 is 0 Å². The smallest absolute Gasteiger partial charge is 0.254 e. The fourth-order valence-electron chi connectivity index (χ4n) is 3.54. The van der Waals surface area contributed by atoms with Crippen molar-refractivity contribution in [2.24, 2.45) is 0 Å². The van der Waals surface area contributed by atoms with Crippen molar-refractivity contribution in [2.75, 3.05) is 13.1 Å². The molecule has 0 saturated carbocycles. The molecular weight excluding hydrogens is 400 g/mol. The number of carbonyl (C=O) groups is 2. The van der Waals surface area contributed by atoms with Gasteiger partial charge in [0.15, 0.2) is 0 Å². The zero-order valence-corrected chi connectivity index (χ0v) is 18.8. The van der Waals surface area contributed by atoms with Gasteiger partial charge in [-0.05, 0) is 54.7 Å². The van der Waals surface area contributed by atoms with Gasteiger partial charge in [0.2, 0.25) is 5.91 Å². The van der Waals surface area contributed by atoms with Gasteiger partial charge in [0.05, 0.1) is 12.8 Å². The zero-order valence-electron chi connectivity index (χ0n) is 18.8. The van der Waals surface area contributed by atoms with E-state index in [0.29, 0.717) is 31.0 Å². The lowest BCUT2D eigenvalue weighted by atomic mass is 10.1. The molecule has 32 heavy (non-hydrogen) atoms. The minimum absolute atomic E-state index is 0.0620. The summed E-state index contributed by atoms with van der Waals surface area (Å²) in [6.45, 7) is 3.41. The molecule has 0 fully saturated rings. The molecule has 0 spiro atoms. The Morgan fingerprint density at radius 2 is 1.66 bits per heavy atom. The Labute approximate surface area is 190 Å². The number of hydrogen-bond acceptors (Lipinski definition) is 3. The van der Waals surface area contributed by atoms with E-state index in [1.54, 1.807) is 17.2 Å². The van der Waals surface area contributed by atoms with Crippen molar-refractivity contribution < 1.29 is 14.0 Å². The Hall–Kier alpha value is -3.34. The van der Waals surface area contributed by atoms with Gasteiger partial charge in [-0.1, -0.05) is 55.8 Å². The quantitative estimate of drug-likeness (QED) is 0.437. The minimum Gasteiger partial charge on any atom is -0.467 e. The number of carbonyl (C=O) groups excluding carboxylic acids is 2. The summed E-state index contributed by atoms with van der Waals surface area (Å²) < 4.78 is 5.44. The van der Waals surface area contributed by atoms with Crippen molar-refractivity contribution in [3.05, 3.63) is 95.4 Å². The van der Waals surface area contributed by atoms with Gasteiger partial charge in [0.1, 0.15) is 5.76 Å². The number of nitrogens with zero attached hydrogens (tertiary/aromatic N) is 1. The summed E-state index contributed by atoms with van der Waals surface area (Å²) in [5.74, 6) is 0.538. The lowest BCUT2D eigenvalue weighted by Crippen LogP contribution is -2.35. The molecule has 0 radical (unpaired) electrons. The molecule has 0 atom stereocenters. The Morgan fingerprint density at radius 3 is 2.34 bits per heavy atom. The molecule has 3 aromatic rings. The second-order valence-corrected chi connectivity index (χ2v) is 7.94. The fourth-order valence-corrected chi connectivity index (χ4v) is 3.54. The predicted octanol–water partition coefficient (Wildman–Crippen LogP) is 5.01. The van der Waals surface area contributed by atoms with E-state index in [2.05, 4.69) is 12.2 Å². The van der Waals surface area contributed by atoms with E-state index in [1.807, 2.05) is 60.7 Å². The Bertz CT molecular complexity index is 950. The van der Waals surface area contributed by atoms with Gasteiger partial charge >= 0.3 is 0 Å². The molecule has 2 aromatic carbocycles. The van der Waals surface area contributed by atoms with E-state index in [1.165, 1.54) is 11.1 Å². The van der Waals surface area contributed by atoms with Gasteiger partial charge in [-0.2, -0.15) is 0 Å². The zero-order chi connectivity index (χ0) is 22.6. The van der Waals surface area contributed by atoms with E-state index in [0.717, 1.165) is 25.7 Å². The van der Waals surface area contributed by atoms with E-state index < -0.39 is 0 Å². The van der Waals surface area contributed by atoms with Crippen LogP contribution in [0.3, 0.4) is 0 Å². The number of hydrogen-bond donors (Lipinski definition) is 1. The third kappa shape index (κ3) is 7.41. The standard InChI is InChI=1S/C27H32N2O3/c1-2-3-8-23-12-14-24(15-13-23)27(31)29(21-25-11-7-20-32-25)19-17-26(30)28-18-16-22-9-5-4-6-10-22/h4-7,9-15,20H,2-3,8,16-19,21H2,1H3,(H,28,30). The number of unbranched alkanes of at least 4 members (excludes halogenated alkanes) is 1. The van der Waals surface area contributed by atoms with Crippen molar-refractivity contribution in [1.82, 2.24) is 10.2 Å². The van der Waals surface area contributed by atoms with Crippen LogP contribution in [0.5, 0.6) is 0 Å².